The van der Waals surface area contributed by atoms with Gasteiger partial charge in [-0.2, -0.15) is 0 Å². The van der Waals surface area contributed by atoms with E-state index in [2.05, 4.69) is 0 Å². The minimum atomic E-state index is -0.890. The van der Waals surface area contributed by atoms with Gasteiger partial charge in [0, 0.05) is 13.0 Å². The Morgan fingerprint density at radius 3 is 2.68 bits per heavy atom. The summed E-state index contributed by atoms with van der Waals surface area (Å²) in [5.41, 5.74) is 5.41. The number of ether oxygens (including phenoxy) is 1. The van der Waals surface area contributed by atoms with Crippen LogP contribution in [0.15, 0.2) is 0 Å². The molecule has 0 radical (unpaired) electrons. The molecule has 0 aromatic carbocycles. The van der Waals surface area contributed by atoms with Crippen LogP contribution >= 0.6 is 0 Å². The van der Waals surface area contributed by atoms with Crippen LogP contribution in [0.2, 0.25) is 0 Å². The Morgan fingerprint density at radius 2 is 2.11 bits per heavy atom. The molecule has 0 aromatic heterocycles. The van der Waals surface area contributed by atoms with E-state index < -0.39 is 11.9 Å². The van der Waals surface area contributed by atoms with E-state index in [4.69, 9.17) is 15.6 Å². The second-order valence-electron chi connectivity index (χ2n) is 4.88. The Bertz CT molecular complexity index is 309. The van der Waals surface area contributed by atoms with E-state index in [1.165, 1.54) is 0 Å². The topological polar surface area (TPSA) is 92.9 Å². The summed E-state index contributed by atoms with van der Waals surface area (Å²) in [5, 5.41) is 9.16. The first kappa shape index (κ1) is 15.9. The summed E-state index contributed by atoms with van der Waals surface area (Å²) in [7, 11) is 0. The van der Waals surface area contributed by atoms with Gasteiger partial charge in [-0.05, 0) is 25.8 Å². The zero-order chi connectivity index (χ0) is 14.3. The summed E-state index contributed by atoms with van der Waals surface area (Å²) >= 11 is 0. The second-order valence-corrected chi connectivity index (χ2v) is 4.88. The quantitative estimate of drug-likeness (QED) is 0.626. The molecule has 0 aliphatic carbocycles. The van der Waals surface area contributed by atoms with Crippen LogP contribution < -0.4 is 5.73 Å². The predicted octanol–water partition coefficient (Wildman–Crippen LogP) is 0.454. The van der Waals surface area contributed by atoms with Crippen LogP contribution in [0.5, 0.6) is 0 Å². The van der Waals surface area contributed by atoms with E-state index in [1.807, 2.05) is 6.92 Å². The number of hydrogen-bond donors (Lipinski definition) is 2. The normalized spacial score (nSPS) is 22.4. The molecule has 1 heterocycles. The van der Waals surface area contributed by atoms with Crippen LogP contribution in [-0.4, -0.2) is 54.2 Å². The Hall–Kier alpha value is -1.14. The number of carbonyl (C=O) groups excluding carboxylic acids is 1. The van der Waals surface area contributed by atoms with E-state index in [0.29, 0.717) is 26.1 Å². The van der Waals surface area contributed by atoms with Gasteiger partial charge in [-0.25, -0.2) is 0 Å². The molecule has 1 aliphatic rings. The van der Waals surface area contributed by atoms with Crippen molar-refractivity contribution in [3.63, 3.8) is 0 Å². The van der Waals surface area contributed by atoms with Crippen molar-refractivity contribution in [2.45, 2.75) is 38.6 Å². The highest BCUT2D eigenvalue weighted by Crippen LogP contribution is 2.21. The molecule has 19 heavy (non-hydrogen) atoms. The summed E-state index contributed by atoms with van der Waals surface area (Å²) in [6.07, 6.45) is 2.81. The number of unbranched alkanes of at least 4 members (excludes halogenated alkanes) is 1. The van der Waals surface area contributed by atoms with Crippen molar-refractivity contribution >= 4 is 11.9 Å². The van der Waals surface area contributed by atoms with Crippen molar-refractivity contribution in [2.75, 3.05) is 26.3 Å². The van der Waals surface area contributed by atoms with E-state index in [1.54, 1.807) is 4.90 Å². The van der Waals surface area contributed by atoms with Crippen molar-refractivity contribution < 1.29 is 19.4 Å². The van der Waals surface area contributed by atoms with Crippen molar-refractivity contribution in [3.05, 3.63) is 0 Å². The number of aliphatic carboxylic acids is 1. The molecular weight excluding hydrogens is 248 g/mol. The van der Waals surface area contributed by atoms with E-state index in [0.717, 1.165) is 19.3 Å². The summed E-state index contributed by atoms with van der Waals surface area (Å²) in [4.78, 5) is 25.1. The van der Waals surface area contributed by atoms with Crippen molar-refractivity contribution in [1.29, 1.82) is 0 Å². The van der Waals surface area contributed by atoms with Gasteiger partial charge >= 0.3 is 5.97 Å². The smallest absolute Gasteiger partial charge is 0.311 e. The van der Waals surface area contributed by atoms with Crippen LogP contribution in [0.1, 0.15) is 32.6 Å². The number of nitrogens with zero attached hydrogens (tertiary/aromatic N) is 1. The van der Waals surface area contributed by atoms with Gasteiger partial charge in [0.25, 0.3) is 0 Å². The maximum absolute atomic E-state index is 12.2. The predicted molar refractivity (Wildman–Crippen MR) is 70.6 cm³/mol. The van der Waals surface area contributed by atoms with Gasteiger partial charge in [0.2, 0.25) is 5.91 Å². The van der Waals surface area contributed by atoms with Crippen LogP contribution in [0, 0.1) is 5.92 Å². The molecule has 110 valence electrons. The van der Waals surface area contributed by atoms with Gasteiger partial charge in [-0.1, -0.05) is 6.92 Å². The SMILES string of the molecule is CCCN(C(=O)CCCCN)C1COCC1C(=O)O. The van der Waals surface area contributed by atoms with Crippen LogP contribution in [0.25, 0.3) is 0 Å². The van der Waals surface area contributed by atoms with E-state index >= 15 is 0 Å². The Kier molecular flexibility index (Phi) is 6.80. The first-order valence-electron chi connectivity index (χ1n) is 6.91. The molecule has 2 unspecified atom stereocenters. The minimum absolute atomic E-state index is 0.0112. The molecule has 0 spiro atoms. The molecule has 1 fully saturated rings. The fourth-order valence-corrected chi connectivity index (χ4v) is 2.37. The molecule has 0 saturated carbocycles. The molecule has 0 bridgehead atoms. The van der Waals surface area contributed by atoms with E-state index in [9.17, 15) is 9.59 Å². The lowest BCUT2D eigenvalue weighted by Gasteiger charge is -2.30. The van der Waals surface area contributed by atoms with Crippen molar-refractivity contribution in [1.82, 2.24) is 4.90 Å². The van der Waals surface area contributed by atoms with Gasteiger partial charge in [-0.3, -0.25) is 9.59 Å². The van der Waals surface area contributed by atoms with Crippen LogP contribution in [0.3, 0.4) is 0 Å². The Labute approximate surface area is 113 Å². The monoisotopic (exact) mass is 272 g/mol. The van der Waals surface area contributed by atoms with Gasteiger partial charge in [0.05, 0.1) is 19.3 Å². The van der Waals surface area contributed by atoms with Gasteiger partial charge < -0.3 is 20.5 Å². The fourth-order valence-electron chi connectivity index (χ4n) is 2.37. The summed E-state index contributed by atoms with van der Waals surface area (Å²) in [6, 6.07) is -0.331. The Balaban J connectivity index is 2.64. The fraction of sp³-hybridized carbons (Fsp3) is 0.846. The number of carbonyl (C=O) groups is 2. The average Bonchev–Trinajstić information content (AvgIpc) is 2.85. The standard InChI is InChI=1S/C13H24N2O4/c1-2-7-15(12(16)5-3-4-6-14)11-9-19-8-10(11)13(17)18/h10-11H,2-9,14H2,1H3,(H,17,18). The van der Waals surface area contributed by atoms with Crippen molar-refractivity contribution in [3.8, 4) is 0 Å². The molecule has 6 heteroatoms. The Morgan fingerprint density at radius 1 is 1.37 bits per heavy atom. The number of rotatable bonds is 8. The first-order valence-corrected chi connectivity index (χ1v) is 6.91. The van der Waals surface area contributed by atoms with Crippen LogP contribution in [-0.2, 0) is 14.3 Å². The van der Waals surface area contributed by atoms with Gasteiger partial charge in [0.15, 0.2) is 0 Å². The molecular formula is C13H24N2O4. The summed E-state index contributed by atoms with van der Waals surface area (Å²) in [6.45, 7) is 3.65. The zero-order valence-electron chi connectivity index (χ0n) is 11.5. The molecule has 1 saturated heterocycles. The lowest BCUT2D eigenvalue weighted by Crippen LogP contribution is -2.46. The maximum Gasteiger partial charge on any atom is 0.311 e. The third-order valence-electron chi connectivity index (χ3n) is 3.40. The average molecular weight is 272 g/mol. The maximum atomic E-state index is 12.2. The number of nitrogens with two attached hydrogens (primary N) is 1. The highest BCUT2D eigenvalue weighted by atomic mass is 16.5. The molecule has 2 atom stereocenters. The number of carboxylic acids is 1. The minimum Gasteiger partial charge on any atom is -0.481 e. The number of carboxylic acid groups (broad SMARTS) is 1. The summed E-state index contributed by atoms with van der Waals surface area (Å²) < 4.78 is 5.24. The first-order chi connectivity index (χ1) is 9.11. The number of hydrogen-bond acceptors (Lipinski definition) is 4. The largest absolute Gasteiger partial charge is 0.481 e. The molecule has 3 N–H and O–H groups in total. The summed E-state index contributed by atoms with van der Waals surface area (Å²) in [5.74, 6) is -1.49. The second kappa shape index (κ2) is 8.12. The van der Waals surface area contributed by atoms with Gasteiger partial charge in [-0.15, -0.1) is 0 Å². The number of amides is 1. The van der Waals surface area contributed by atoms with E-state index in [-0.39, 0.29) is 18.6 Å². The lowest BCUT2D eigenvalue weighted by atomic mass is 10.0. The highest BCUT2D eigenvalue weighted by molar-refractivity contribution is 5.78. The lowest BCUT2D eigenvalue weighted by molar-refractivity contribution is -0.145. The zero-order valence-corrected chi connectivity index (χ0v) is 11.5. The molecule has 0 aromatic rings. The van der Waals surface area contributed by atoms with Crippen molar-refractivity contribution in [2.24, 2.45) is 11.7 Å². The molecule has 1 aliphatic heterocycles. The highest BCUT2D eigenvalue weighted by Gasteiger charge is 2.39. The van der Waals surface area contributed by atoms with Crippen LogP contribution in [0.4, 0.5) is 0 Å². The molecule has 6 nitrogen and oxygen atoms in total. The third-order valence-corrected chi connectivity index (χ3v) is 3.40. The third kappa shape index (κ3) is 4.47. The molecule has 1 rings (SSSR count). The molecule has 1 amide bonds. The van der Waals surface area contributed by atoms with Gasteiger partial charge in [0.1, 0.15) is 5.92 Å².